The summed E-state index contributed by atoms with van der Waals surface area (Å²) in [5.41, 5.74) is 0. The Kier molecular flexibility index (Phi) is 4.07. The van der Waals surface area contributed by atoms with Gasteiger partial charge in [-0.15, -0.1) is 11.3 Å². The third kappa shape index (κ3) is 2.75. The standard InChI is InChI=1S/C9H11BrN2O4S2/c10-7-1-2-8(17-7)18(15,16)12-4-3-11-6(5-12)9(13)14/h1-2,6,11H,3-5H2,(H,13,14)/t6-/m0/s1. The molecule has 0 radical (unpaired) electrons. The lowest BCUT2D eigenvalue weighted by molar-refractivity contribution is -0.140. The number of hydrogen-bond acceptors (Lipinski definition) is 5. The minimum atomic E-state index is -3.59. The van der Waals surface area contributed by atoms with E-state index in [9.17, 15) is 13.2 Å². The Hall–Kier alpha value is -0.480. The van der Waals surface area contributed by atoms with Crippen LogP contribution in [0.15, 0.2) is 20.1 Å². The third-order valence-corrected chi connectivity index (χ3v) is 6.54. The quantitative estimate of drug-likeness (QED) is 0.827. The number of carboxylic acids is 1. The van der Waals surface area contributed by atoms with Gasteiger partial charge >= 0.3 is 5.97 Å². The first-order chi connectivity index (χ1) is 8.41. The molecule has 1 aliphatic heterocycles. The van der Waals surface area contributed by atoms with Crippen molar-refractivity contribution in [1.29, 1.82) is 0 Å². The van der Waals surface area contributed by atoms with Gasteiger partial charge in [-0.2, -0.15) is 4.31 Å². The molecule has 1 aliphatic rings. The van der Waals surface area contributed by atoms with Gasteiger partial charge in [-0.05, 0) is 28.1 Å². The van der Waals surface area contributed by atoms with Gasteiger partial charge < -0.3 is 10.4 Å². The van der Waals surface area contributed by atoms with Crippen LogP contribution in [0, 0.1) is 0 Å². The summed E-state index contributed by atoms with van der Waals surface area (Å²) in [4.78, 5) is 10.9. The number of carbonyl (C=O) groups is 1. The summed E-state index contributed by atoms with van der Waals surface area (Å²) >= 11 is 4.33. The lowest BCUT2D eigenvalue weighted by Crippen LogP contribution is -2.55. The molecule has 0 aromatic carbocycles. The molecule has 1 aromatic heterocycles. The van der Waals surface area contributed by atoms with Crippen LogP contribution in [-0.4, -0.2) is 49.5 Å². The van der Waals surface area contributed by atoms with Crippen molar-refractivity contribution >= 4 is 43.3 Å². The molecule has 0 aliphatic carbocycles. The van der Waals surface area contributed by atoms with Gasteiger partial charge in [0.25, 0.3) is 10.0 Å². The zero-order valence-corrected chi connectivity index (χ0v) is 12.4. The Morgan fingerprint density at radius 3 is 2.83 bits per heavy atom. The van der Waals surface area contributed by atoms with Crippen molar-refractivity contribution in [2.24, 2.45) is 0 Å². The van der Waals surface area contributed by atoms with Gasteiger partial charge in [0.15, 0.2) is 0 Å². The lowest BCUT2D eigenvalue weighted by Gasteiger charge is -2.30. The molecule has 0 bridgehead atoms. The van der Waals surface area contributed by atoms with Crippen LogP contribution in [0.5, 0.6) is 0 Å². The van der Waals surface area contributed by atoms with Crippen LogP contribution in [0.3, 0.4) is 0 Å². The number of sulfonamides is 1. The fourth-order valence-electron chi connectivity index (χ4n) is 1.67. The maximum Gasteiger partial charge on any atom is 0.322 e. The van der Waals surface area contributed by atoms with Crippen LogP contribution in [0.4, 0.5) is 0 Å². The van der Waals surface area contributed by atoms with E-state index >= 15 is 0 Å². The van der Waals surface area contributed by atoms with Crippen LogP contribution < -0.4 is 5.32 Å². The lowest BCUT2D eigenvalue weighted by atomic mass is 10.2. The second-order valence-corrected chi connectivity index (χ2v) is 8.39. The summed E-state index contributed by atoms with van der Waals surface area (Å²) in [6, 6.07) is 2.33. The van der Waals surface area contributed by atoms with E-state index in [0.717, 1.165) is 15.1 Å². The predicted octanol–water partition coefficient (Wildman–Crippen LogP) is 0.558. The highest BCUT2D eigenvalue weighted by molar-refractivity contribution is 9.11. The van der Waals surface area contributed by atoms with Crippen molar-refractivity contribution in [2.75, 3.05) is 19.6 Å². The number of rotatable bonds is 3. The fourth-order valence-corrected chi connectivity index (χ4v) is 5.29. The first-order valence-corrected chi connectivity index (χ1v) is 8.18. The van der Waals surface area contributed by atoms with Crippen molar-refractivity contribution < 1.29 is 18.3 Å². The van der Waals surface area contributed by atoms with Crippen LogP contribution in [0.25, 0.3) is 0 Å². The average Bonchev–Trinajstić information content (AvgIpc) is 2.77. The minimum Gasteiger partial charge on any atom is -0.480 e. The van der Waals surface area contributed by atoms with Gasteiger partial charge in [-0.25, -0.2) is 8.42 Å². The molecule has 2 N–H and O–H groups in total. The van der Waals surface area contributed by atoms with E-state index in [2.05, 4.69) is 21.2 Å². The Labute approximate surface area is 117 Å². The average molecular weight is 355 g/mol. The van der Waals surface area contributed by atoms with Gasteiger partial charge in [0.2, 0.25) is 0 Å². The zero-order chi connectivity index (χ0) is 13.3. The molecule has 0 spiro atoms. The molecule has 1 aromatic rings. The van der Waals surface area contributed by atoms with Crippen molar-refractivity contribution in [2.45, 2.75) is 10.3 Å². The van der Waals surface area contributed by atoms with Crippen molar-refractivity contribution in [3.05, 3.63) is 15.9 Å². The second-order valence-electron chi connectivity index (χ2n) is 3.77. The summed E-state index contributed by atoms with van der Waals surface area (Å²) in [6.45, 7) is 0.567. The first kappa shape index (κ1) is 13.9. The number of hydrogen-bond donors (Lipinski definition) is 2. The number of nitrogens with zero attached hydrogens (tertiary/aromatic N) is 1. The normalized spacial score (nSPS) is 21.9. The number of halogens is 1. The van der Waals surface area contributed by atoms with Crippen molar-refractivity contribution in [3.63, 3.8) is 0 Å². The van der Waals surface area contributed by atoms with Crippen LogP contribution in [0.1, 0.15) is 0 Å². The van der Waals surface area contributed by atoms with E-state index < -0.39 is 22.0 Å². The maximum atomic E-state index is 12.3. The number of aliphatic carboxylic acids is 1. The maximum absolute atomic E-state index is 12.3. The Bertz CT molecular complexity index is 557. The molecule has 100 valence electrons. The summed E-state index contributed by atoms with van der Waals surface area (Å²) in [6.07, 6.45) is 0. The smallest absolute Gasteiger partial charge is 0.322 e. The Balaban J connectivity index is 2.22. The molecule has 2 heterocycles. The van der Waals surface area contributed by atoms with E-state index in [1.54, 1.807) is 6.07 Å². The summed E-state index contributed by atoms with van der Waals surface area (Å²) < 4.78 is 26.7. The molecule has 2 rings (SSSR count). The van der Waals surface area contributed by atoms with Gasteiger partial charge in [0.1, 0.15) is 10.3 Å². The Morgan fingerprint density at radius 1 is 1.56 bits per heavy atom. The molecule has 1 fully saturated rings. The molecule has 9 heteroatoms. The predicted molar refractivity (Wildman–Crippen MR) is 70.2 cm³/mol. The van der Waals surface area contributed by atoms with E-state index in [1.807, 2.05) is 0 Å². The molecule has 1 atom stereocenters. The molecule has 0 amide bonds. The van der Waals surface area contributed by atoms with E-state index in [4.69, 9.17) is 5.11 Å². The first-order valence-electron chi connectivity index (χ1n) is 5.13. The molecular formula is C9H11BrN2O4S2. The minimum absolute atomic E-state index is 0.0484. The number of carboxylic acid groups (broad SMARTS) is 1. The molecule has 0 saturated carbocycles. The van der Waals surface area contributed by atoms with Crippen LogP contribution in [-0.2, 0) is 14.8 Å². The highest BCUT2D eigenvalue weighted by Gasteiger charge is 2.33. The second kappa shape index (κ2) is 5.25. The van der Waals surface area contributed by atoms with Gasteiger partial charge in [0.05, 0.1) is 3.79 Å². The topological polar surface area (TPSA) is 86.7 Å². The Morgan fingerprint density at radius 2 is 2.28 bits per heavy atom. The van der Waals surface area contributed by atoms with E-state index in [1.165, 1.54) is 10.4 Å². The van der Waals surface area contributed by atoms with Crippen LogP contribution >= 0.6 is 27.3 Å². The van der Waals surface area contributed by atoms with Crippen molar-refractivity contribution in [1.82, 2.24) is 9.62 Å². The van der Waals surface area contributed by atoms with Gasteiger partial charge in [0, 0.05) is 19.6 Å². The zero-order valence-electron chi connectivity index (χ0n) is 9.17. The fraction of sp³-hybridized carbons (Fsp3) is 0.444. The number of thiophene rings is 1. The highest BCUT2D eigenvalue weighted by atomic mass is 79.9. The van der Waals surface area contributed by atoms with E-state index in [0.29, 0.717) is 6.54 Å². The molecule has 18 heavy (non-hydrogen) atoms. The van der Waals surface area contributed by atoms with Gasteiger partial charge in [-0.3, -0.25) is 4.79 Å². The van der Waals surface area contributed by atoms with Crippen molar-refractivity contribution in [3.8, 4) is 0 Å². The largest absolute Gasteiger partial charge is 0.480 e. The number of nitrogens with one attached hydrogen (secondary N) is 1. The summed E-state index contributed by atoms with van der Waals surface area (Å²) in [5.74, 6) is -1.04. The summed E-state index contributed by atoms with van der Waals surface area (Å²) in [7, 11) is -3.59. The third-order valence-electron chi connectivity index (χ3n) is 2.58. The van der Waals surface area contributed by atoms with Crippen LogP contribution in [0.2, 0.25) is 0 Å². The number of piperazine rings is 1. The summed E-state index contributed by atoms with van der Waals surface area (Å²) in [5, 5.41) is 11.7. The monoisotopic (exact) mass is 354 g/mol. The molecular weight excluding hydrogens is 344 g/mol. The van der Waals surface area contributed by atoms with E-state index in [-0.39, 0.29) is 17.3 Å². The molecule has 0 unspecified atom stereocenters. The SMILES string of the molecule is O=C(O)[C@@H]1CN(S(=O)(=O)c2ccc(Br)s2)CCN1. The molecule has 1 saturated heterocycles. The molecule has 6 nitrogen and oxygen atoms in total. The van der Waals surface area contributed by atoms with Gasteiger partial charge in [-0.1, -0.05) is 0 Å². The highest BCUT2D eigenvalue weighted by Crippen LogP contribution is 2.28.